The molecule has 0 amide bonds. The maximum Gasteiger partial charge on any atom is 0.226 e. The predicted octanol–water partition coefficient (Wildman–Crippen LogP) is 1.45. The highest BCUT2D eigenvalue weighted by molar-refractivity contribution is 5.27. The number of nitrogens with zero attached hydrogens (tertiary/aromatic N) is 2. The van der Waals surface area contributed by atoms with Crippen LogP contribution in [0.4, 0.5) is 5.95 Å². The second-order valence-electron chi connectivity index (χ2n) is 3.83. The Balaban J connectivity index is 2.53. The van der Waals surface area contributed by atoms with Gasteiger partial charge >= 0.3 is 0 Å². The predicted molar refractivity (Wildman–Crippen MR) is 62.6 cm³/mol. The largest absolute Gasteiger partial charge is 0.475 e. The lowest BCUT2D eigenvalue weighted by Crippen LogP contribution is -2.19. The fourth-order valence-electron chi connectivity index (χ4n) is 1.09. The Morgan fingerprint density at radius 1 is 1.50 bits per heavy atom. The molecule has 5 heteroatoms. The average Bonchev–Trinajstić information content (AvgIpc) is 2.25. The van der Waals surface area contributed by atoms with Crippen LogP contribution >= 0.6 is 0 Å². The number of aromatic nitrogens is 2. The quantitative estimate of drug-likeness (QED) is 0.767. The van der Waals surface area contributed by atoms with Crippen molar-refractivity contribution >= 4 is 5.95 Å². The molecule has 0 radical (unpaired) electrons. The van der Waals surface area contributed by atoms with Crippen LogP contribution in [-0.2, 0) is 0 Å². The molecule has 0 fully saturated rings. The molecule has 2 N–H and O–H groups in total. The van der Waals surface area contributed by atoms with E-state index in [4.69, 9.17) is 4.74 Å². The number of hydrogen-bond donors (Lipinski definition) is 2. The molecule has 1 atom stereocenters. The second-order valence-corrected chi connectivity index (χ2v) is 3.83. The number of ether oxygens (including phenoxy) is 1. The van der Waals surface area contributed by atoms with Crippen LogP contribution in [0.2, 0.25) is 0 Å². The first-order valence-corrected chi connectivity index (χ1v) is 5.53. The Hall–Kier alpha value is -1.36. The van der Waals surface area contributed by atoms with Gasteiger partial charge in [0.25, 0.3) is 0 Å². The molecule has 0 aromatic carbocycles. The smallest absolute Gasteiger partial charge is 0.226 e. The summed E-state index contributed by atoms with van der Waals surface area (Å²) in [6.45, 7) is 6.25. The zero-order valence-electron chi connectivity index (χ0n) is 9.97. The Morgan fingerprint density at radius 3 is 2.88 bits per heavy atom. The summed E-state index contributed by atoms with van der Waals surface area (Å²) in [7, 11) is 0. The molecule has 0 saturated carbocycles. The maximum absolute atomic E-state index is 9.38. The van der Waals surface area contributed by atoms with E-state index in [2.05, 4.69) is 15.3 Å². The van der Waals surface area contributed by atoms with E-state index in [0.29, 0.717) is 24.8 Å². The first kappa shape index (κ1) is 12.7. The van der Waals surface area contributed by atoms with Crippen molar-refractivity contribution in [2.75, 3.05) is 11.9 Å². The van der Waals surface area contributed by atoms with Crippen molar-refractivity contribution in [1.29, 1.82) is 0 Å². The van der Waals surface area contributed by atoms with Gasteiger partial charge in [0.05, 0.1) is 12.2 Å². The van der Waals surface area contributed by atoms with Crippen LogP contribution in [0.5, 0.6) is 5.88 Å². The van der Waals surface area contributed by atoms with Gasteiger partial charge in [-0.3, -0.25) is 0 Å². The topological polar surface area (TPSA) is 67.3 Å². The van der Waals surface area contributed by atoms with Crippen LogP contribution in [0.3, 0.4) is 0 Å². The minimum atomic E-state index is -0.377. The van der Waals surface area contributed by atoms with E-state index in [1.165, 1.54) is 0 Å². The molecule has 1 aromatic heterocycles. The number of anilines is 1. The van der Waals surface area contributed by atoms with Gasteiger partial charge in [0, 0.05) is 18.8 Å². The van der Waals surface area contributed by atoms with Crippen molar-refractivity contribution in [2.45, 2.75) is 39.4 Å². The molecule has 0 bridgehead atoms. The van der Waals surface area contributed by atoms with Crippen molar-refractivity contribution in [3.8, 4) is 5.88 Å². The third-order valence-electron chi connectivity index (χ3n) is 1.95. The third-order valence-corrected chi connectivity index (χ3v) is 1.95. The molecular formula is C11H19N3O2. The lowest BCUT2D eigenvalue weighted by atomic mass is 10.3. The molecule has 0 aliphatic rings. The summed E-state index contributed by atoms with van der Waals surface area (Å²) in [6, 6.07) is 1.71. The molecule has 1 heterocycles. The van der Waals surface area contributed by atoms with E-state index in [0.717, 1.165) is 0 Å². The third kappa shape index (κ3) is 4.44. The average molecular weight is 225 g/mol. The summed E-state index contributed by atoms with van der Waals surface area (Å²) in [4.78, 5) is 8.20. The number of aliphatic hydroxyl groups excluding tert-OH is 1. The van der Waals surface area contributed by atoms with Crippen molar-refractivity contribution in [3.63, 3.8) is 0 Å². The SMILES string of the molecule is CCC(O)CNc1nccc(OC(C)C)n1. The molecule has 0 aliphatic carbocycles. The highest BCUT2D eigenvalue weighted by Gasteiger charge is 2.04. The number of rotatable bonds is 6. The lowest BCUT2D eigenvalue weighted by Gasteiger charge is -2.11. The van der Waals surface area contributed by atoms with E-state index < -0.39 is 0 Å². The second kappa shape index (κ2) is 6.27. The number of hydrogen-bond acceptors (Lipinski definition) is 5. The minimum absolute atomic E-state index is 0.0870. The molecule has 5 nitrogen and oxygen atoms in total. The zero-order chi connectivity index (χ0) is 12.0. The fraction of sp³-hybridized carbons (Fsp3) is 0.636. The number of aliphatic hydroxyl groups is 1. The van der Waals surface area contributed by atoms with Crippen LogP contribution in [0.1, 0.15) is 27.2 Å². The Morgan fingerprint density at radius 2 is 2.25 bits per heavy atom. The molecule has 0 saturated heterocycles. The zero-order valence-corrected chi connectivity index (χ0v) is 9.97. The van der Waals surface area contributed by atoms with Gasteiger partial charge in [-0.05, 0) is 20.3 Å². The van der Waals surface area contributed by atoms with Crippen molar-refractivity contribution in [2.24, 2.45) is 0 Å². The van der Waals surface area contributed by atoms with Gasteiger partial charge in [0.2, 0.25) is 11.8 Å². The van der Waals surface area contributed by atoms with Crippen molar-refractivity contribution < 1.29 is 9.84 Å². The van der Waals surface area contributed by atoms with Gasteiger partial charge in [-0.2, -0.15) is 4.98 Å². The maximum atomic E-state index is 9.38. The normalized spacial score (nSPS) is 12.6. The van der Waals surface area contributed by atoms with Crippen LogP contribution in [0, 0.1) is 0 Å². The van der Waals surface area contributed by atoms with Crippen LogP contribution in [-0.4, -0.2) is 33.8 Å². The molecule has 1 aromatic rings. The first-order chi connectivity index (χ1) is 7.61. The van der Waals surface area contributed by atoms with Gasteiger partial charge < -0.3 is 15.2 Å². The standard InChI is InChI=1S/C11H19N3O2/c1-4-9(15)7-13-11-12-6-5-10(14-11)16-8(2)3/h5-6,8-9,15H,4,7H2,1-3H3,(H,12,13,14). The minimum Gasteiger partial charge on any atom is -0.475 e. The monoisotopic (exact) mass is 225 g/mol. The van der Waals surface area contributed by atoms with Gasteiger partial charge in [-0.15, -0.1) is 0 Å². The first-order valence-electron chi connectivity index (χ1n) is 5.53. The summed E-state index contributed by atoms with van der Waals surface area (Å²) in [5.41, 5.74) is 0. The molecule has 16 heavy (non-hydrogen) atoms. The molecule has 0 aliphatic heterocycles. The highest BCUT2D eigenvalue weighted by atomic mass is 16.5. The summed E-state index contributed by atoms with van der Waals surface area (Å²) in [5.74, 6) is 1.02. The van der Waals surface area contributed by atoms with Gasteiger partial charge in [0.1, 0.15) is 0 Å². The van der Waals surface area contributed by atoms with E-state index >= 15 is 0 Å². The summed E-state index contributed by atoms with van der Waals surface area (Å²) in [6.07, 6.45) is 2.04. The Bertz CT molecular complexity index is 318. The van der Waals surface area contributed by atoms with E-state index in [9.17, 15) is 5.11 Å². The van der Waals surface area contributed by atoms with E-state index in [1.54, 1.807) is 12.3 Å². The molecule has 1 rings (SSSR count). The van der Waals surface area contributed by atoms with Gasteiger partial charge in [-0.25, -0.2) is 4.98 Å². The van der Waals surface area contributed by atoms with Crippen LogP contribution < -0.4 is 10.1 Å². The van der Waals surface area contributed by atoms with E-state index in [-0.39, 0.29) is 12.2 Å². The van der Waals surface area contributed by atoms with E-state index in [1.807, 2.05) is 20.8 Å². The van der Waals surface area contributed by atoms with Crippen LogP contribution in [0.25, 0.3) is 0 Å². The summed E-state index contributed by atoms with van der Waals surface area (Å²) in [5, 5.41) is 12.3. The van der Waals surface area contributed by atoms with Crippen LogP contribution in [0.15, 0.2) is 12.3 Å². The molecule has 90 valence electrons. The molecule has 0 spiro atoms. The van der Waals surface area contributed by atoms with Gasteiger partial charge in [0.15, 0.2) is 0 Å². The highest BCUT2D eigenvalue weighted by Crippen LogP contribution is 2.10. The lowest BCUT2D eigenvalue weighted by molar-refractivity contribution is 0.183. The molecular weight excluding hydrogens is 206 g/mol. The molecule has 1 unspecified atom stereocenters. The summed E-state index contributed by atoms with van der Waals surface area (Å²) < 4.78 is 5.43. The summed E-state index contributed by atoms with van der Waals surface area (Å²) >= 11 is 0. The number of nitrogens with one attached hydrogen (secondary N) is 1. The Kier molecular flexibility index (Phi) is 4.98. The van der Waals surface area contributed by atoms with Crippen molar-refractivity contribution in [1.82, 2.24) is 9.97 Å². The van der Waals surface area contributed by atoms with Crippen molar-refractivity contribution in [3.05, 3.63) is 12.3 Å². The Labute approximate surface area is 95.9 Å². The fourth-order valence-corrected chi connectivity index (χ4v) is 1.09. The van der Waals surface area contributed by atoms with Gasteiger partial charge in [-0.1, -0.05) is 6.92 Å².